The number of carbonyl (C=O) groups is 2. The third kappa shape index (κ3) is 4.20. The van der Waals surface area contributed by atoms with Crippen molar-refractivity contribution in [3.8, 4) is 0 Å². The molecule has 2 N–H and O–H groups in total. The van der Waals surface area contributed by atoms with Crippen LogP contribution in [0.5, 0.6) is 0 Å². The number of likely N-dealkylation sites (tertiary alicyclic amines) is 1. The SMILES string of the molecule is CC(=O)Nc1ccc(S(=O)(=O)Nc2ccc3n(c2=O)C[C@@H]2C[C@@H]3CN(C(C)=O)C2)cc1. The fourth-order valence-corrected chi connectivity index (χ4v) is 5.46. The quantitative estimate of drug-likeness (QED) is 0.742. The van der Waals surface area contributed by atoms with Crippen molar-refractivity contribution in [3.05, 3.63) is 52.4 Å². The van der Waals surface area contributed by atoms with Gasteiger partial charge in [-0.05, 0) is 48.7 Å². The molecule has 0 unspecified atom stereocenters. The summed E-state index contributed by atoms with van der Waals surface area (Å²) in [4.78, 5) is 37.8. The summed E-state index contributed by atoms with van der Waals surface area (Å²) >= 11 is 0. The minimum absolute atomic E-state index is 0.0157. The number of aromatic nitrogens is 1. The number of hydrogen-bond acceptors (Lipinski definition) is 5. The van der Waals surface area contributed by atoms with Crippen molar-refractivity contribution in [1.29, 1.82) is 0 Å². The van der Waals surface area contributed by atoms with Crippen LogP contribution in [0.1, 0.15) is 31.9 Å². The zero-order valence-corrected chi connectivity index (χ0v) is 18.1. The molecule has 0 aliphatic carbocycles. The molecule has 9 nitrogen and oxygen atoms in total. The maximum absolute atomic E-state index is 13.1. The maximum atomic E-state index is 13.1. The Kier molecular flexibility index (Phi) is 5.34. The molecular weight excluding hydrogens is 420 g/mol. The van der Waals surface area contributed by atoms with E-state index in [0.29, 0.717) is 25.3 Å². The van der Waals surface area contributed by atoms with Gasteiger partial charge in [-0.3, -0.25) is 19.1 Å². The lowest BCUT2D eigenvalue weighted by Gasteiger charge is -2.42. The Bertz CT molecular complexity index is 1200. The van der Waals surface area contributed by atoms with E-state index < -0.39 is 10.0 Å². The molecule has 1 aromatic heterocycles. The fourth-order valence-electron chi connectivity index (χ4n) is 4.40. The average Bonchev–Trinajstić information content (AvgIpc) is 2.70. The Hall–Kier alpha value is -3.14. The van der Waals surface area contributed by atoms with E-state index in [2.05, 4.69) is 10.0 Å². The van der Waals surface area contributed by atoms with Crippen LogP contribution in [0.3, 0.4) is 0 Å². The van der Waals surface area contributed by atoms with Crippen molar-refractivity contribution in [2.75, 3.05) is 23.1 Å². The molecule has 2 aliphatic rings. The highest BCUT2D eigenvalue weighted by atomic mass is 32.2. The predicted octanol–water partition coefficient (Wildman–Crippen LogP) is 1.57. The Morgan fingerprint density at radius 3 is 2.35 bits per heavy atom. The molecule has 2 amide bonds. The van der Waals surface area contributed by atoms with Crippen molar-refractivity contribution in [2.45, 2.75) is 37.6 Å². The molecule has 31 heavy (non-hydrogen) atoms. The molecule has 1 saturated heterocycles. The highest BCUT2D eigenvalue weighted by Crippen LogP contribution is 2.35. The highest BCUT2D eigenvalue weighted by molar-refractivity contribution is 7.92. The third-order valence-electron chi connectivity index (χ3n) is 5.78. The van der Waals surface area contributed by atoms with Crippen LogP contribution in [0.15, 0.2) is 46.1 Å². The highest BCUT2D eigenvalue weighted by Gasteiger charge is 2.36. The largest absolute Gasteiger partial charge is 0.342 e. The molecule has 164 valence electrons. The van der Waals surface area contributed by atoms with Gasteiger partial charge in [0, 0.05) is 50.8 Å². The Balaban J connectivity index is 1.59. The lowest BCUT2D eigenvalue weighted by atomic mass is 9.83. The molecule has 1 fully saturated rings. The molecule has 10 heteroatoms. The predicted molar refractivity (Wildman–Crippen MR) is 115 cm³/mol. The minimum atomic E-state index is -3.98. The summed E-state index contributed by atoms with van der Waals surface area (Å²) in [5.74, 6) is 0.00325. The van der Waals surface area contributed by atoms with Gasteiger partial charge in [0.05, 0.1) is 4.90 Å². The van der Waals surface area contributed by atoms with Crippen molar-refractivity contribution in [2.24, 2.45) is 5.92 Å². The topological polar surface area (TPSA) is 118 Å². The lowest BCUT2D eigenvalue weighted by molar-refractivity contribution is -0.131. The molecule has 4 rings (SSSR count). The third-order valence-corrected chi connectivity index (χ3v) is 7.16. The first-order chi connectivity index (χ1) is 14.6. The van der Waals surface area contributed by atoms with E-state index in [-0.39, 0.29) is 39.8 Å². The molecule has 2 bridgehead atoms. The summed E-state index contributed by atoms with van der Waals surface area (Å²) in [6, 6.07) is 8.96. The molecule has 2 aromatic rings. The van der Waals surface area contributed by atoms with Gasteiger partial charge in [0.15, 0.2) is 0 Å². The van der Waals surface area contributed by atoms with Gasteiger partial charge in [-0.2, -0.15) is 0 Å². The van der Waals surface area contributed by atoms with Crippen LogP contribution in [-0.2, 0) is 26.2 Å². The number of amides is 2. The van der Waals surface area contributed by atoms with E-state index in [1.54, 1.807) is 17.6 Å². The second-order valence-corrected chi connectivity index (χ2v) is 9.80. The van der Waals surface area contributed by atoms with E-state index in [1.165, 1.54) is 37.3 Å². The van der Waals surface area contributed by atoms with Gasteiger partial charge in [0.25, 0.3) is 15.6 Å². The number of fused-ring (bicyclic) bond motifs is 4. The Labute approximate surface area is 180 Å². The standard InChI is InChI=1S/C21H24N4O5S/c1-13(26)22-17-3-5-18(6-4-17)31(29,30)23-19-7-8-20-16-9-15(11-25(20)21(19)28)10-24(12-16)14(2)27/h3-8,15-16,23H,9-12H2,1-2H3,(H,22,26)/t15-,16-/m1/s1. The van der Waals surface area contributed by atoms with E-state index in [4.69, 9.17) is 0 Å². The molecule has 3 heterocycles. The molecule has 0 radical (unpaired) electrons. The summed E-state index contributed by atoms with van der Waals surface area (Å²) in [6.07, 6.45) is 0.912. The van der Waals surface area contributed by atoms with Crippen LogP contribution >= 0.6 is 0 Å². The number of carbonyl (C=O) groups excluding carboxylic acids is 2. The first-order valence-electron chi connectivity index (χ1n) is 10.0. The fraction of sp³-hybridized carbons (Fsp3) is 0.381. The zero-order valence-electron chi connectivity index (χ0n) is 17.3. The average molecular weight is 445 g/mol. The van der Waals surface area contributed by atoms with Crippen LogP contribution in [0, 0.1) is 5.92 Å². The molecule has 2 atom stereocenters. The van der Waals surface area contributed by atoms with Gasteiger partial charge in [0.1, 0.15) is 5.69 Å². The number of pyridine rings is 1. The second-order valence-electron chi connectivity index (χ2n) is 8.12. The van der Waals surface area contributed by atoms with Crippen LogP contribution < -0.4 is 15.6 Å². The van der Waals surface area contributed by atoms with Gasteiger partial charge in [-0.1, -0.05) is 0 Å². The number of piperidine rings is 1. The summed E-state index contributed by atoms with van der Waals surface area (Å²) < 4.78 is 29.6. The van der Waals surface area contributed by atoms with Gasteiger partial charge >= 0.3 is 0 Å². The maximum Gasteiger partial charge on any atom is 0.275 e. The molecule has 0 spiro atoms. The van der Waals surface area contributed by atoms with Crippen molar-refractivity contribution >= 4 is 33.2 Å². The van der Waals surface area contributed by atoms with Gasteiger partial charge in [0.2, 0.25) is 11.8 Å². The van der Waals surface area contributed by atoms with Gasteiger partial charge in [-0.15, -0.1) is 0 Å². The van der Waals surface area contributed by atoms with Crippen LogP contribution in [-0.4, -0.2) is 42.8 Å². The first-order valence-corrected chi connectivity index (χ1v) is 11.5. The van der Waals surface area contributed by atoms with Crippen molar-refractivity contribution in [1.82, 2.24) is 9.47 Å². The Morgan fingerprint density at radius 1 is 1.00 bits per heavy atom. The number of benzene rings is 1. The van der Waals surface area contributed by atoms with Crippen LogP contribution in [0.25, 0.3) is 0 Å². The second kappa shape index (κ2) is 7.84. The summed E-state index contributed by atoms with van der Waals surface area (Å²) in [5.41, 5.74) is 0.904. The number of rotatable bonds is 4. The number of nitrogens with zero attached hydrogens (tertiary/aromatic N) is 2. The van der Waals surface area contributed by atoms with Crippen molar-refractivity contribution < 1.29 is 18.0 Å². The van der Waals surface area contributed by atoms with Crippen LogP contribution in [0.4, 0.5) is 11.4 Å². The Morgan fingerprint density at radius 2 is 1.71 bits per heavy atom. The van der Waals surface area contributed by atoms with Gasteiger partial charge in [-0.25, -0.2) is 8.42 Å². The van der Waals surface area contributed by atoms with E-state index >= 15 is 0 Å². The molecule has 0 saturated carbocycles. The summed E-state index contributed by atoms with van der Waals surface area (Å²) in [6.45, 7) is 4.54. The van der Waals surface area contributed by atoms with Crippen LogP contribution in [0.2, 0.25) is 0 Å². The lowest BCUT2D eigenvalue weighted by Crippen LogP contribution is -2.48. The molecule has 2 aliphatic heterocycles. The summed E-state index contributed by atoms with van der Waals surface area (Å²) in [5, 5.41) is 2.57. The van der Waals surface area contributed by atoms with E-state index in [1.807, 2.05) is 4.90 Å². The number of anilines is 2. The number of sulfonamides is 1. The minimum Gasteiger partial charge on any atom is -0.342 e. The first kappa shape index (κ1) is 21.1. The molecular formula is C21H24N4O5S. The van der Waals surface area contributed by atoms with E-state index in [9.17, 15) is 22.8 Å². The number of nitrogens with one attached hydrogen (secondary N) is 2. The molecule has 1 aromatic carbocycles. The van der Waals surface area contributed by atoms with E-state index in [0.717, 1.165) is 12.1 Å². The van der Waals surface area contributed by atoms with Crippen molar-refractivity contribution in [3.63, 3.8) is 0 Å². The normalized spacial score (nSPS) is 20.0. The smallest absolute Gasteiger partial charge is 0.275 e. The van der Waals surface area contributed by atoms with Gasteiger partial charge < -0.3 is 14.8 Å². The zero-order chi connectivity index (χ0) is 22.3. The monoisotopic (exact) mass is 444 g/mol. The number of hydrogen-bond donors (Lipinski definition) is 2. The summed E-state index contributed by atoms with van der Waals surface area (Å²) in [7, 11) is -3.98.